The SMILES string of the molecule is CN/C(N)=C(\C)C#N. The number of hydrogen-bond acceptors (Lipinski definition) is 3. The lowest BCUT2D eigenvalue weighted by Gasteiger charge is -1.96. The van der Waals surface area contributed by atoms with E-state index in [1.54, 1.807) is 14.0 Å². The van der Waals surface area contributed by atoms with Crippen LogP contribution in [-0.2, 0) is 0 Å². The van der Waals surface area contributed by atoms with Crippen LogP contribution < -0.4 is 11.1 Å². The Morgan fingerprint density at radius 3 is 2.38 bits per heavy atom. The van der Waals surface area contributed by atoms with Crippen molar-refractivity contribution in [1.29, 1.82) is 5.26 Å². The van der Waals surface area contributed by atoms with E-state index in [2.05, 4.69) is 5.32 Å². The average Bonchev–Trinajstić information content (AvgIpc) is 1.84. The molecule has 0 heterocycles. The fourth-order valence-electron chi connectivity index (χ4n) is 0.248. The van der Waals surface area contributed by atoms with Gasteiger partial charge in [-0.05, 0) is 6.92 Å². The molecule has 0 aliphatic rings. The van der Waals surface area contributed by atoms with Crippen molar-refractivity contribution in [3.8, 4) is 6.07 Å². The fourth-order valence-corrected chi connectivity index (χ4v) is 0.248. The first kappa shape index (κ1) is 6.83. The molecule has 8 heavy (non-hydrogen) atoms. The Bertz CT molecular complexity index is 140. The standard InChI is InChI=1S/C5H9N3/c1-4(3-6)5(7)8-2/h8H,7H2,1-2H3/b5-4+. The highest BCUT2D eigenvalue weighted by Crippen LogP contribution is 1.88. The Hall–Kier alpha value is -1.17. The molecule has 0 aliphatic heterocycles. The van der Waals surface area contributed by atoms with Crippen molar-refractivity contribution in [2.45, 2.75) is 6.92 Å². The molecule has 0 aromatic carbocycles. The monoisotopic (exact) mass is 111 g/mol. The molecule has 0 atom stereocenters. The quantitative estimate of drug-likeness (QED) is 0.465. The zero-order valence-corrected chi connectivity index (χ0v) is 5.02. The van der Waals surface area contributed by atoms with Gasteiger partial charge in [0, 0.05) is 7.05 Å². The smallest absolute Gasteiger partial charge is 0.109 e. The van der Waals surface area contributed by atoms with E-state index in [1.807, 2.05) is 6.07 Å². The van der Waals surface area contributed by atoms with Gasteiger partial charge < -0.3 is 11.1 Å². The maximum absolute atomic E-state index is 8.21. The van der Waals surface area contributed by atoms with Crippen LogP contribution in [0.3, 0.4) is 0 Å². The highest BCUT2D eigenvalue weighted by Gasteiger charge is 1.88. The zero-order chi connectivity index (χ0) is 6.57. The molecule has 0 radical (unpaired) electrons. The van der Waals surface area contributed by atoms with E-state index in [-0.39, 0.29) is 0 Å². The summed E-state index contributed by atoms with van der Waals surface area (Å²) < 4.78 is 0. The second-order valence-electron chi connectivity index (χ2n) is 1.40. The predicted molar refractivity (Wildman–Crippen MR) is 31.6 cm³/mol. The molecule has 0 amide bonds. The van der Waals surface area contributed by atoms with Gasteiger partial charge in [-0.1, -0.05) is 0 Å². The Kier molecular flexibility index (Phi) is 2.49. The topological polar surface area (TPSA) is 61.8 Å². The molecule has 44 valence electrons. The van der Waals surface area contributed by atoms with Crippen LogP contribution in [0.1, 0.15) is 6.92 Å². The van der Waals surface area contributed by atoms with Crippen molar-refractivity contribution >= 4 is 0 Å². The third-order valence-corrected chi connectivity index (χ3v) is 0.841. The summed E-state index contributed by atoms with van der Waals surface area (Å²) in [5.74, 6) is 0.438. The maximum atomic E-state index is 8.21. The third kappa shape index (κ3) is 1.52. The van der Waals surface area contributed by atoms with Crippen LogP contribution in [0.5, 0.6) is 0 Å². The largest absolute Gasteiger partial charge is 0.385 e. The van der Waals surface area contributed by atoms with E-state index in [1.165, 1.54) is 0 Å². The van der Waals surface area contributed by atoms with Gasteiger partial charge in [0.2, 0.25) is 0 Å². The molecular formula is C5H9N3. The first-order valence-electron chi connectivity index (χ1n) is 2.26. The molecule has 0 unspecified atom stereocenters. The van der Waals surface area contributed by atoms with E-state index < -0.39 is 0 Å². The van der Waals surface area contributed by atoms with E-state index in [0.717, 1.165) is 0 Å². The van der Waals surface area contributed by atoms with Gasteiger partial charge in [-0.2, -0.15) is 5.26 Å². The molecule has 0 aromatic heterocycles. The normalized spacial score (nSPS) is 11.6. The Morgan fingerprint density at radius 1 is 1.75 bits per heavy atom. The maximum Gasteiger partial charge on any atom is 0.109 e. The van der Waals surface area contributed by atoms with Gasteiger partial charge in [-0.15, -0.1) is 0 Å². The van der Waals surface area contributed by atoms with Crippen molar-refractivity contribution in [3.63, 3.8) is 0 Å². The number of allylic oxidation sites excluding steroid dienone is 1. The second kappa shape index (κ2) is 2.92. The summed E-state index contributed by atoms with van der Waals surface area (Å²) in [5, 5.41) is 10.9. The van der Waals surface area contributed by atoms with Crippen LogP contribution in [0.25, 0.3) is 0 Å². The fraction of sp³-hybridized carbons (Fsp3) is 0.400. The Labute approximate surface area is 48.8 Å². The average molecular weight is 111 g/mol. The molecule has 0 rings (SSSR count). The van der Waals surface area contributed by atoms with Crippen molar-refractivity contribution in [3.05, 3.63) is 11.4 Å². The van der Waals surface area contributed by atoms with Crippen LogP contribution in [0.2, 0.25) is 0 Å². The highest BCUT2D eigenvalue weighted by molar-refractivity contribution is 5.21. The van der Waals surface area contributed by atoms with Gasteiger partial charge in [0.25, 0.3) is 0 Å². The molecule has 0 saturated carbocycles. The molecule has 0 aliphatic carbocycles. The number of nitriles is 1. The second-order valence-corrected chi connectivity index (χ2v) is 1.40. The molecule has 3 N–H and O–H groups in total. The van der Waals surface area contributed by atoms with Gasteiger partial charge in [0.05, 0.1) is 11.6 Å². The minimum absolute atomic E-state index is 0.438. The summed E-state index contributed by atoms with van der Waals surface area (Å²) in [5.41, 5.74) is 5.79. The summed E-state index contributed by atoms with van der Waals surface area (Å²) in [6.07, 6.45) is 0. The van der Waals surface area contributed by atoms with Gasteiger partial charge >= 0.3 is 0 Å². The molecule has 0 bridgehead atoms. The van der Waals surface area contributed by atoms with Crippen LogP contribution in [-0.4, -0.2) is 7.05 Å². The lowest BCUT2D eigenvalue weighted by atomic mass is 10.3. The summed E-state index contributed by atoms with van der Waals surface area (Å²) >= 11 is 0. The Morgan fingerprint density at radius 2 is 2.25 bits per heavy atom. The van der Waals surface area contributed by atoms with Crippen molar-refractivity contribution in [2.75, 3.05) is 7.05 Å². The van der Waals surface area contributed by atoms with Crippen LogP contribution in [0.15, 0.2) is 11.4 Å². The number of nitrogens with two attached hydrogens (primary N) is 1. The van der Waals surface area contributed by atoms with Crippen LogP contribution >= 0.6 is 0 Å². The van der Waals surface area contributed by atoms with Crippen LogP contribution in [0, 0.1) is 11.3 Å². The summed E-state index contributed by atoms with van der Waals surface area (Å²) in [6.45, 7) is 1.66. The minimum Gasteiger partial charge on any atom is -0.385 e. The van der Waals surface area contributed by atoms with Gasteiger partial charge in [-0.25, -0.2) is 0 Å². The highest BCUT2D eigenvalue weighted by atomic mass is 15.0. The minimum atomic E-state index is 0.438. The third-order valence-electron chi connectivity index (χ3n) is 0.841. The molecule has 0 fully saturated rings. The molecule has 0 aromatic rings. The number of hydrogen-bond donors (Lipinski definition) is 2. The molecule has 3 heteroatoms. The van der Waals surface area contributed by atoms with Crippen LogP contribution in [0.4, 0.5) is 0 Å². The predicted octanol–water partition coefficient (Wildman–Crippen LogP) is -0.0804. The van der Waals surface area contributed by atoms with E-state index in [4.69, 9.17) is 11.0 Å². The lowest BCUT2D eigenvalue weighted by molar-refractivity contribution is 0.946. The number of rotatable bonds is 1. The number of nitrogens with zero attached hydrogens (tertiary/aromatic N) is 1. The van der Waals surface area contributed by atoms with E-state index in [0.29, 0.717) is 11.4 Å². The summed E-state index contributed by atoms with van der Waals surface area (Å²) in [7, 11) is 1.68. The van der Waals surface area contributed by atoms with Gasteiger partial charge in [-0.3, -0.25) is 0 Å². The first-order chi connectivity index (χ1) is 3.72. The number of nitrogens with one attached hydrogen (secondary N) is 1. The van der Waals surface area contributed by atoms with Crippen molar-refractivity contribution in [2.24, 2.45) is 5.73 Å². The van der Waals surface area contributed by atoms with E-state index in [9.17, 15) is 0 Å². The summed E-state index contributed by atoms with van der Waals surface area (Å²) in [6, 6.07) is 1.91. The molecule has 3 nitrogen and oxygen atoms in total. The van der Waals surface area contributed by atoms with Crippen molar-refractivity contribution in [1.82, 2.24) is 5.32 Å². The van der Waals surface area contributed by atoms with Crippen molar-refractivity contribution < 1.29 is 0 Å². The lowest BCUT2D eigenvalue weighted by Crippen LogP contribution is -2.16. The van der Waals surface area contributed by atoms with Gasteiger partial charge in [0.15, 0.2) is 0 Å². The van der Waals surface area contributed by atoms with Gasteiger partial charge in [0.1, 0.15) is 5.82 Å². The zero-order valence-electron chi connectivity index (χ0n) is 5.02. The summed E-state index contributed by atoms with van der Waals surface area (Å²) in [4.78, 5) is 0. The molecular weight excluding hydrogens is 102 g/mol. The molecule has 0 spiro atoms. The van der Waals surface area contributed by atoms with E-state index >= 15 is 0 Å². The first-order valence-corrected chi connectivity index (χ1v) is 2.26. The Balaban J connectivity index is 4.10. The molecule has 0 saturated heterocycles.